The summed E-state index contributed by atoms with van der Waals surface area (Å²) < 4.78 is 5.50. The molecule has 0 saturated carbocycles. The molecule has 1 aromatic heterocycles. The highest BCUT2D eigenvalue weighted by Gasteiger charge is 2.31. The van der Waals surface area contributed by atoms with E-state index in [1.165, 1.54) is 0 Å². The highest BCUT2D eigenvalue weighted by Crippen LogP contribution is 2.27. The average Bonchev–Trinajstić information content (AvgIpc) is 3.24. The topological polar surface area (TPSA) is 61.8 Å². The summed E-state index contributed by atoms with van der Waals surface area (Å²) >= 11 is 6.03. The van der Waals surface area contributed by atoms with Crippen LogP contribution >= 0.6 is 11.6 Å². The van der Waals surface area contributed by atoms with Crippen LogP contribution in [0.5, 0.6) is 0 Å². The minimum absolute atomic E-state index is 0.135. The van der Waals surface area contributed by atoms with Crippen LogP contribution in [0, 0.1) is 5.41 Å². The van der Waals surface area contributed by atoms with Crippen molar-refractivity contribution in [3.8, 4) is 0 Å². The Morgan fingerprint density at radius 2 is 1.93 bits per heavy atom. The quantitative estimate of drug-likeness (QED) is 0.756. The summed E-state index contributed by atoms with van der Waals surface area (Å²) in [6.45, 7) is 11.4. The van der Waals surface area contributed by atoms with E-state index < -0.39 is 0 Å². The molecule has 2 aliphatic heterocycles. The molecule has 6 nitrogen and oxygen atoms in total. The molecule has 2 aromatic rings. The second-order valence-corrected chi connectivity index (χ2v) is 9.36. The van der Waals surface area contributed by atoms with Crippen molar-refractivity contribution < 1.29 is 4.74 Å². The molecule has 2 aliphatic rings. The van der Waals surface area contributed by atoms with Gasteiger partial charge in [0.05, 0.1) is 43.4 Å². The largest absolute Gasteiger partial charge is 0.379 e. The lowest BCUT2D eigenvalue weighted by molar-refractivity contribution is 0.122. The molecular weight excluding hydrogens is 398 g/mol. The monoisotopic (exact) mass is 427 g/mol. The normalized spacial score (nSPS) is 19.4. The van der Waals surface area contributed by atoms with Crippen LogP contribution in [-0.4, -0.2) is 49.7 Å². The number of aromatic nitrogens is 1. The van der Waals surface area contributed by atoms with Gasteiger partial charge in [0.25, 0.3) is 0 Å². The van der Waals surface area contributed by atoms with Gasteiger partial charge in [-0.25, -0.2) is 4.98 Å². The summed E-state index contributed by atoms with van der Waals surface area (Å²) in [7, 11) is 0. The zero-order valence-corrected chi connectivity index (χ0v) is 18.7. The van der Waals surface area contributed by atoms with Gasteiger partial charge in [-0.3, -0.25) is 4.99 Å². The van der Waals surface area contributed by atoms with Gasteiger partial charge in [-0.1, -0.05) is 44.5 Å². The number of amidine groups is 1. The van der Waals surface area contributed by atoms with Crippen molar-refractivity contribution in [2.24, 2.45) is 10.4 Å². The van der Waals surface area contributed by atoms with Crippen LogP contribution in [0.2, 0.25) is 5.02 Å². The number of benzene rings is 1. The number of nitrogens with one attached hydrogen (secondary N) is 2. The smallest absolute Gasteiger partial charge is 0.149 e. The molecule has 0 amide bonds. The highest BCUT2D eigenvalue weighted by molar-refractivity contribution is 6.30. The molecule has 2 N–H and O–H groups in total. The fourth-order valence-corrected chi connectivity index (χ4v) is 3.77. The van der Waals surface area contributed by atoms with Crippen LogP contribution in [-0.2, 0) is 11.3 Å². The van der Waals surface area contributed by atoms with Gasteiger partial charge in [-0.2, -0.15) is 0 Å². The Bertz CT molecular complexity index is 901. The molecule has 0 radical (unpaired) electrons. The van der Waals surface area contributed by atoms with Crippen molar-refractivity contribution in [1.29, 1.82) is 0 Å². The highest BCUT2D eigenvalue weighted by atomic mass is 35.5. The van der Waals surface area contributed by atoms with Crippen LogP contribution in [0.25, 0.3) is 0 Å². The van der Waals surface area contributed by atoms with Crippen molar-refractivity contribution in [3.63, 3.8) is 0 Å². The molecule has 7 heteroatoms. The van der Waals surface area contributed by atoms with Gasteiger partial charge in [0, 0.05) is 24.7 Å². The minimum Gasteiger partial charge on any atom is -0.379 e. The van der Waals surface area contributed by atoms with Gasteiger partial charge in [-0.05, 0) is 29.2 Å². The van der Waals surface area contributed by atoms with Crippen LogP contribution in [0.4, 0.5) is 11.4 Å². The molecular formula is C23H30ClN5O. The molecule has 0 bridgehead atoms. The standard InChI is InChI=1S/C23H30ClN5O/c1-23(2,3)20-15-27-22(28-20)21-19(25-13-16-4-6-17(24)7-5-16)12-18(14-26-21)29-8-10-30-11-9-29/h4-7,12,14,20,25H,8-11,13,15H2,1-3H3,(H,27,28). The lowest BCUT2D eigenvalue weighted by Crippen LogP contribution is -2.41. The number of rotatable bonds is 5. The van der Waals surface area contributed by atoms with E-state index in [-0.39, 0.29) is 5.41 Å². The number of pyridine rings is 1. The van der Waals surface area contributed by atoms with E-state index in [1.807, 2.05) is 30.5 Å². The maximum Gasteiger partial charge on any atom is 0.149 e. The molecule has 160 valence electrons. The van der Waals surface area contributed by atoms with E-state index in [0.717, 1.165) is 66.3 Å². The number of nitrogens with zero attached hydrogens (tertiary/aromatic N) is 3. The molecule has 1 fully saturated rings. The summed E-state index contributed by atoms with van der Waals surface area (Å²) in [5.74, 6) is 0.863. The molecule has 3 heterocycles. The van der Waals surface area contributed by atoms with E-state index in [1.54, 1.807) is 0 Å². The maximum absolute atomic E-state index is 6.03. The van der Waals surface area contributed by atoms with E-state index in [9.17, 15) is 0 Å². The second kappa shape index (κ2) is 8.82. The first-order valence-electron chi connectivity index (χ1n) is 10.5. The molecule has 1 saturated heterocycles. The first kappa shape index (κ1) is 20.9. The number of halogens is 1. The fraction of sp³-hybridized carbons (Fsp3) is 0.478. The second-order valence-electron chi connectivity index (χ2n) is 8.92. The van der Waals surface area contributed by atoms with Crippen LogP contribution in [0.1, 0.15) is 32.0 Å². The Hall–Kier alpha value is -2.31. The Kier molecular flexibility index (Phi) is 6.16. The Morgan fingerprint density at radius 1 is 1.20 bits per heavy atom. The molecule has 1 atom stereocenters. The lowest BCUT2D eigenvalue weighted by atomic mass is 9.87. The van der Waals surface area contributed by atoms with Crippen LogP contribution in [0.3, 0.4) is 0 Å². The summed E-state index contributed by atoms with van der Waals surface area (Å²) in [6.07, 6.45) is 1.95. The first-order valence-corrected chi connectivity index (χ1v) is 10.9. The lowest BCUT2D eigenvalue weighted by Gasteiger charge is -2.29. The van der Waals surface area contributed by atoms with Gasteiger partial charge < -0.3 is 20.3 Å². The SMILES string of the molecule is CC(C)(C)C1CN=C(c2ncc(N3CCOCC3)cc2NCc2ccc(Cl)cc2)N1. The molecule has 1 aromatic carbocycles. The summed E-state index contributed by atoms with van der Waals surface area (Å²) in [5, 5.41) is 7.91. The Balaban J connectivity index is 1.58. The van der Waals surface area contributed by atoms with Gasteiger partial charge in [0.15, 0.2) is 0 Å². The molecule has 4 rings (SSSR count). The van der Waals surface area contributed by atoms with E-state index in [0.29, 0.717) is 12.6 Å². The fourth-order valence-electron chi connectivity index (χ4n) is 3.64. The maximum atomic E-state index is 6.03. The number of hydrogen-bond donors (Lipinski definition) is 2. The molecule has 0 aliphatic carbocycles. The molecule has 1 unspecified atom stereocenters. The number of anilines is 2. The minimum atomic E-state index is 0.135. The van der Waals surface area contributed by atoms with Crippen molar-refractivity contribution >= 4 is 28.8 Å². The Morgan fingerprint density at radius 3 is 2.60 bits per heavy atom. The van der Waals surface area contributed by atoms with Gasteiger partial charge in [0.1, 0.15) is 11.5 Å². The van der Waals surface area contributed by atoms with Crippen molar-refractivity contribution in [1.82, 2.24) is 10.3 Å². The summed E-state index contributed by atoms with van der Waals surface area (Å²) in [6, 6.07) is 10.4. The zero-order valence-electron chi connectivity index (χ0n) is 17.9. The summed E-state index contributed by atoms with van der Waals surface area (Å²) in [5.41, 5.74) is 4.25. The third-order valence-corrected chi connectivity index (χ3v) is 5.91. The third-order valence-electron chi connectivity index (χ3n) is 5.66. The van der Waals surface area contributed by atoms with Gasteiger partial charge in [-0.15, -0.1) is 0 Å². The number of ether oxygens (including phenoxy) is 1. The van der Waals surface area contributed by atoms with Crippen LogP contribution in [0.15, 0.2) is 41.5 Å². The predicted molar refractivity (Wildman–Crippen MR) is 124 cm³/mol. The predicted octanol–water partition coefficient (Wildman–Crippen LogP) is 3.95. The van der Waals surface area contributed by atoms with Crippen molar-refractivity contribution in [2.45, 2.75) is 33.4 Å². The van der Waals surface area contributed by atoms with Crippen molar-refractivity contribution in [2.75, 3.05) is 43.1 Å². The zero-order chi connectivity index (χ0) is 21.1. The average molecular weight is 428 g/mol. The van der Waals surface area contributed by atoms with E-state index in [4.69, 9.17) is 26.3 Å². The summed E-state index contributed by atoms with van der Waals surface area (Å²) in [4.78, 5) is 11.9. The number of hydrogen-bond acceptors (Lipinski definition) is 6. The van der Waals surface area contributed by atoms with Crippen molar-refractivity contribution in [3.05, 3.63) is 52.8 Å². The Labute approximate surface area is 183 Å². The van der Waals surface area contributed by atoms with E-state index in [2.05, 4.69) is 42.4 Å². The van der Waals surface area contributed by atoms with Crippen LogP contribution < -0.4 is 15.5 Å². The van der Waals surface area contributed by atoms with Gasteiger partial charge in [0.2, 0.25) is 0 Å². The van der Waals surface area contributed by atoms with E-state index >= 15 is 0 Å². The molecule has 0 spiro atoms. The van der Waals surface area contributed by atoms with Gasteiger partial charge >= 0.3 is 0 Å². The number of morpholine rings is 1. The number of aliphatic imine (C=N–C) groups is 1. The first-order chi connectivity index (χ1) is 14.4. The third kappa shape index (κ3) is 4.87. The molecule has 30 heavy (non-hydrogen) atoms.